The first-order valence-corrected chi connectivity index (χ1v) is 14.4. The lowest BCUT2D eigenvalue weighted by molar-refractivity contribution is 0.294. The van der Waals surface area contributed by atoms with Crippen molar-refractivity contribution in [3.8, 4) is 0 Å². The first kappa shape index (κ1) is 29.9. The lowest BCUT2D eigenvalue weighted by Gasteiger charge is -2.25. The minimum atomic E-state index is 0.286. The molecule has 0 fully saturated rings. The fourth-order valence-electron chi connectivity index (χ4n) is 4.57. The van der Waals surface area contributed by atoms with Gasteiger partial charge in [-0.05, 0) is 76.5 Å². The van der Waals surface area contributed by atoms with Crippen LogP contribution in [0.5, 0.6) is 0 Å². The average Bonchev–Trinajstić information content (AvgIpc) is 2.90. The number of aliphatic imine (C=N–C) groups is 1. The van der Waals surface area contributed by atoms with Crippen LogP contribution in [0.1, 0.15) is 84.3 Å². The molecule has 2 rings (SSSR count). The molecule has 0 bridgehead atoms. The Kier molecular flexibility index (Phi) is 13.6. The second-order valence-corrected chi connectivity index (χ2v) is 10.2. The highest BCUT2D eigenvalue weighted by atomic mass is 15.1. The number of hydrogen-bond acceptors (Lipinski definition) is 4. The summed E-state index contributed by atoms with van der Waals surface area (Å²) >= 11 is 0. The number of benzene rings is 2. The van der Waals surface area contributed by atoms with Crippen LogP contribution in [-0.2, 0) is 0 Å². The Morgan fingerprint density at radius 1 is 0.694 bits per heavy atom. The van der Waals surface area contributed by atoms with E-state index in [2.05, 4.69) is 112 Å². The number of anilines is 2. The highest BCUT2D eigenvalue weighted by molar-refractivity contribution is 6.13. The van der Waals surface area contributed by atoms with Crippen molar-refractivity contribution in [2.75, 3.05) is 56.6 Å². The van der Waals surface area contributed by atoms with E-state index in [-0.39, 0.29) is 6.04 Å². The monoisotopic (exact) mass is 492 g/mol. The van der Waals surface area contributed by atoms with Crippen molar-refractivity contribution in [2.45, 2.75) is 79.2 Å². The molecule has 36 heavy (non-hydrogen) atoms. The van der Waals surface area contributed by atoms with Crippen LogP contribution in [0.15, 0.2) is 53.5 Å². The molecule has 4 heteroatoms. The third-order valence-electron chi connectivity index (χ3n) is 7.07. The molecular weight excluding hydrogens is 440 g/mol. The van der Waals surface area contributed by atoms with Crippen molar-refractivity contribution in [3.05, 3.63) is 59.7 Å². The maximum atomic E-state index is 5.28. The fraction of sp³-hybridized carbons (Fsp3) is 0.594. The fourth-order valence-corrected chi connectivity index (χ4v) is 4.57. The van der Waals surface area contributed by atoms with Crippen LogP contribution in [-0.4, -0.2) is 63.5 Å². The Bertz CT molecular complexity index is 858. The molecular formula is C32H52N4. The van der Waals surface area contributed by atoms with E-state index >= 15 is 0 Å². The van der Waals surface area contributed by atoms with Crippen LogP contribution in [0.4, 0.5) is 11.4 Å². The van der Waals surface area contributed by atoms with E-state index < -0.39 is 0 Å². The summed E-state index contributed by atoms with van der Waals surface area (Å²) in [5, 5.41) is 0. The Balaban J connectivity index is 2.30. The van der Waals surface area contributed by atoms with Gasteiger partial charge in [-0.2, -0.15) is 0 Å². The maximum absolute atomic E-state index is 5.28. The first-order valence-electron chi connectivity index (χ1n) is 14.4. The summed E-state index contributed by atoms with van der Waals surface area (Å²) in [7, 11) is 4.17. The predicted octanol–water partition coefficient (Wildman–Crippen LogP) is 7.51. The zero-order chi connectivity index (χ0) is 26.3. The molecule has 0 aliphatic heterocycles. The van der Waals surface area contributed by atoms with Crippen LogP contribution in [0, 0.1) is 0 Å². The van der Waals surface area contributed by atoms with Crippen molar-refractivity contribution < 1.29 is 0 Å². The van der Waals surface area contributed by atoms with Crippen LogP contribution >= 0.6 is 0 Å². The lowest BCUT2D eigenvalue weighted by Crippen LogP contribution is -2.25. The summed E-state index contributed by atoms with van der Waals surface area (Å²) < 4.78 is 0. The van der Waals surface area contributed by atoms with Gasteiger partial charge in [0.2, 0.25) is 0 Å². The summed E-state index contributed by atoms with van der Waals surface area (Å²) in [5.74, 6) is 0. The normalized spacial score (nSPS) is 12.7. The number of rotatable bonds is 17. The molecule has 2 aromatic carbocycles. The maximum Gasteiger partial charge on any atom is 0.0722 e. The van der Waals surface area contributed by atoms with Gasteiger partial charge in [0.25, 0.3) is 0 Å². The van der Waals surface area contributed by atoms with Crippen LogP contribution in [0.25, 0.3) is 0 Å². The third-order valence-corrected chi connectivity index (χ3v) is 7.07. The Morgan fingerprint density at radius 2 is 1.19 bits per heavy atom. The quantitative estimate of drug-likeness (QED) is 0.213. The van der Waals surface area contributed by atoms with E-state index in [1.54, 1.807) is 0 Å². The topological polar surface area (TPSA) is 22.1 Å². The van der Waals surface area contributed by atoms with E-state index in [0.29, 0.717) is 0 Å². The molecule has 0 aliphatic carbocycles. The Morgan fingerprint density at radius 3 is 1.64 bits per heavy atom. The van der Waals surface area contributed by atoms with Gasteiger partial charge in [0, 0.05) is 55.7 Å². The van der Waals surface area contributed by atoms with Gasteiger partial charge in [-0.1, -0.05) is 64.8 Å². The molecule has 0 unspecified atom stereocenters. The van der Waals surface area contributed by atoms with E-state index in [9.17, 15) is 0 Å². The molecule has 0 radical (unpaired) electrons. The highest BCUT2D eigenvalue weighted by Gasteiger charge is 2.13. The van der Waals surface area contributed by atoms with Crippen LogP contribution in [0.3, 0.4) is 0 Å². The summed E-state index contributed by atoms with van der Waals surface area (Å²) in [4.78, 5) is 12.5. The van der Waals surface area contributed by atoms with Crippen molar-refractivity contribution >= 4 is 17.1 Å². The molecule has 0 amide bonds. The van der Waals surface area contributed by atoms with Crippen LogP contribution in [0.2, 0.25) is 0 Å². The third kappa shape index (κ3) is 9.61. The zero-order valence-corrected chi connectivity index (χ0v) is 24.3. The molecule has 0 saturated heterocycles. The molecule has 0 saturated carbocycles. The summed E-state index contributed by atoms with van der Waals surface area (Å²) in [6.07, 6.45) is 7.22. The lowest BCUT2D eigenvalue weighted by atomic mass is 10.0. The van der Waals surface area contributed by atoms with Crippen molar-refractivity contribution in [1.82, 2.24) is 4.90 Å². The Labute approximate surface area is 222 Å². The zero-order valence-electron chi connectivity index (χ0n) is 24.3. The summed E-state index contributed by atoms with van der Waals surface area (Å²) in [6, 6.07) is 18.3. The number of nitrogens with zero attached hydrogens (tertiary/aromatic N) is 4. The van der Waals surface area contributed by atoms with Gasteiger partial charge in [0.1, 0.15) is 0 Å². The van der Waals surface area contributed by atoms with Gasteiger partial charge in [-0.15, -0.1) is 0 Å². The molecule has 200 valence electrons. The highest BCUT2D eigenvalue weighted by Crippen LogP contribution is 2.22. The second-order valence-electron chi connectivity index (χ2n) is 10.2. The summed E-state index contributed by atoms with van der Waals surface area (Å²) in [5.41, 5.74) is 6.05. The number of unbranched alkanes of at least 4 members (excludes halogenated alkanes) is 2. The molecule has 0 aliphatic rings. The van der Waals surface area contributed by atoms with Crippen LogP contribution < -0.4 is 9.80 Å². The van der Waals surface area contributed by atoms with Crippen molar-refractivity contribution in [1.29, 1.82) is 0 Å². The molecule has 1 atom stereocenters. The van der Waals surface area contributed by atoms with Gasteiger partial charge in [-0.25, -0.2) is 0 Å². The first-order chi connectivity index (χ1) is 17.4. The smallest absolute Gasteiger partial charge is 0.0722 e. The molecule has 2 aromatic rings. The van der Waals surface area contributed by atoms with Crippen molar-refractivity contribution in [2.24, 2.45) is 4.99 Å². The SMILES string of the molecule is CCCCN(CCCC)c1ccc(C(=N[C@H](C)CCCN(CC)CC)c2ccc(N(C)C)cc2)cc1. The molecule has 4 nitrogen and oxygen atoms in total. The molecule has 0 heterocycles. The number of hydrogen-bond donors (Lipinski definition) is 0. The van der Waals surface area contributed by atoms with Gasteiger partial charge < -0.3 is 14.7 Å². The van der Waals surface area contributed by atoms with E-state index in [1.807, 2.05) is 0 Å². The molecule has 0 aromatic heterocycles. The van der Waals surface area contributed by atoms with E-state index in [4.69, 9.17) is 4.99 Å². The van der Waals surface area contributed by atoms with Crippen molar-refractivity contribution in [3.63, 3.8) is 0 Å². The minimum absolute atomic E-state index is 0.286. The van der Waals surface area contributed by atoms with E-state index in [0.717, 1.165) is 44.9 Å². The summed E-state index contributed by atoms with van der Waals surface area (Å²) in [6.45, 7) is 17.0. The largest absolute Gasteiger partial charge is 0.378 e. The Hall–Kier alpha value is -2.33. The molecule has 0 spiro atoms. The van der Waals surface area contributed by atoms with Gasteiger partial charge in [-0.3, -0.25) is 4.99 Å². The predicted molar refractivity (Wildman–Crippen MR) is 161 cm³/mol. The standard InChI is InChI=1S/C32H52N4/c1-8-12-25-36(26-13-9-2)31-22-18-29(19-23-31)32(28-16-20-30(21-17-28)34(6)7)33-27(5)15-14-24-35(10-3)11-4/h16-23,27H,8-15,24-26H2,1-7H3/t27-/m1/s1. The van der Waals surface area contributed by atoms with Gasteiger partial charge in [0.05, 0.1) is 5.71 Å². The average molecular weight is 493 g/mol. The van der Waals surface area contributed by atoms with Gasteiger partial charge in [0.15, 0.2) is 0 Å². The van der Waals surface area contributed by atoms with E-state index in [1.165, 1.54) is 54.6 Å². The minimum Gasteiger partial charge on any atom is -0.378 e. The van der Waals surface area contributed by atoms with Gasteiger partial charge >= 0.3 is 0 Å². The molecule has 0 N–H and O–H groups in total. The second kappa shape index (κ2) is 16.4.